The minimum Gasteiger partial charge on any atom is -0.417 e. The zero-order chi connectivity index (χ0) is 29.2. The Bertz CT molecular complexity index is 640. The van der Waals surface area contributed by atoms with Crippen molar-refractivity contribution in [3.63, 3.8) is 0 Å². The second-order valence-corrected chi connectivity index (χ2v) is 28.5. The molecule has 222 valence electrons. The van der Waals surface area contributed by atoms with E-state index in [1.54, 1.807) is 0 Å². The Labute approximate surface area is 236 Å². The molecule has 2 atom stereocenters. The molecule has 4 nitrogen and oxygen atoms in total. The summed E-state index contributed by atoms with van der Waals surface area (Å²) in [6, 6.07) is 3.57. The predicted octanol–water partition coefficient (Wildman–Crippen LogP) is 9.94. The Morgan fingerprint density at radius 3 is 1.65 bits per heavy atom. The molecule has 0 rings (SSSR count). The van der Waals surface area contributed by atoms with Crippen LogP contribution in [0.25, 0.3) is 0 Å². The largest absolute Gasteiger partial charge is 0.417 e. The molecule has 0 aliphatic carbocycles. The second kappa shape index (κ2) is 15.3. The van der Waals surface area contributed by atoms with Gasteiger partial charge in [0.15, 0.2) is 25.0 Å². The lowest BCUT2D eigenvalue weighted by molar-refractivity contribution is -0.0935. The molecule has 0 spiro atoms. The van der Waals surface area contributed by atoms with Gasteiger partial charge in [0.25, 0.3) is 0 Å². The number of rotatable bonds is 19. The highest BCUT2D eigenvalue weighted by Crippen LogP contribution is 2.42. The Morgan fingerprint density at radius 2 is 1.22 bits per heavy atom. The van der Waals surface area contributed by atoms with Crippen LogP contribution in [0.5, 0.6) is 0 Å². The maximum absolute atomic E-state index is 7.22. The van der Waals surface area contributed by atoms with E-state index in [9.17, 15) is 0 Å². The van der Waals surface area contributed by atoms with E-state index in [4.69, 9.17) is 18.0 Å². The van der Waals surface area contributed by atoms with Gasteiger partial charge in [-0.25, -0.2) is 0 Å². The van der Waals surface area contributed by atoms with Crippen LogP contribution in [0.15, 0.2) is 12.7 Å². The van der Waals surface area contributed by atoms with Crippen molar-refractivity contribution in [2.75, 3.05) is 19.8 Å². The van der Waals surface area contributed by atoms with Crippen molar-refractivity contribution in [2.45, 2.75) is 161 Å². The summed E-state index contributed by atoms with van der Waals surface area (Å²) in [5.74, 6) is 0. The lowest BCUT2D eigenvalue weighted by atomic mass is 9.90. The minimum absolute atomic E-state index is 0.00633. The molecule has 7 heteroatoms. The quantitative estimate of drug-likeness (QED) is 0.0873. The van der Waals surface area contributed by atoms with Crippen molar-refractivity contribution in [3.05, 3.63) is 12.7 Å². The van der Waals surface area contributed by atoms with Gasteiger partial charge in [-0.1, -0.05) is 68.4 Å². The van der Waals surface area contributed by atoms with Crippen LogP contribution >= 0.6 is 0 Å². The van der Waals surface area contributed by atoms with Crippen molar-refractivity contribution in [1.29, 1.82) is 0 Å². The minimum atomic E-state index is -2.02. The molecule has 0 fully saturated rings. The fourth-order valence-corrected chi connectivity index (χ4v) is 9.83. The first-order valence-electron chi connectivity index (χ1n) is 15.0. The van der Waals surface area contributed by atoms with Crippen LogP contribution in [-0.4, -0.2) is 56.5 Å². The van der Waals surface area contributed by atoms with Gasteiger partial charge in [-0.05, 0) is 87.0 Å². The number of ether oxygens (including phenoxy) is 1. The van der Waals surface area contributed by atoms with Gasteiger partial charge in [-0.3, -0.25) is 0 Å². The summed E-state index contributed by atoms with van der Waals surface area (Å²) in [5, 5.41) is 0.355. The zero-order valence-electron chi connectivity index (χ0n) is 27.6. The Morgan fingerprint density at radius 1 is 0.730 bits per heavy atom. The zero-order valence-corrected chi connectivity index (χ0v) is 30.6. The summed E-state index contributed by atoms with van der Waals surface area (Å²) >= 11 is 0. The Balaban J connectivity index is 5.72. The molecule has 0 saturated carbocycles. The first-order chi connectivity index (χ1) is 16.8. The van der Waals surface area contributed by atoms with Gasteiger partial charge in [-0.2, -0.15) is 0 Å². The molecule has 0 radical (unpaired) electrons. The normalized spacial score (nSPS) is 16.5. The van der Waals surface area contributed by atoms with Crippen molar-refractivity contribution >= 4 is 25.0 Å². The lowest BCUT2D eigenvalue weighted by Crippen LogP contribution is -2.54. The maximum Gasteiger partial charge on any atom is 0.192 e. The topological polar surface area (TPSA) is 36.9 Å². The molecule has 0 aromatic carbocycles. The van der Waals surface area contributed by atoms with Crippen LogP contribution < -0.4 is 0 Å². The molecule has 0 aliphatic heterocycles. The highest BCUT2D eigenvalue weighted by atomic mass is 28.4. The summed E-state index contributed by atoms with van der Waals surface area (Å²) in [6.07, 6.45) is 5.68. The molecule has 0 unspecified atom stereocenters. The van der Waals surface area contributed by atoms with Crippen LogP contribution in [0.4, 0.5) is 0 Å². The molecule has 37 heavy (non-hydrogen) atoms. The Hall–Kier alpha value is 0.231. The van der Waals surface area contributed by atoms with E-state index in [2.05, 4.69) is 102 Å². The van der Waals surface area contributed by atoms with Crippen molar-refractivity contribution < 1.29 is 18.0 Å². The molecule has 0 N–H and O–H groups in total. The first-order valence-corrected chi connectivity index (χ1v) is 23.3. The summed E-state index contributed by atoms with van der Waals surface area (Å²) < 4.78 is 26.8. The summed E-state index contributed by atoms with van der Waals surface area (Å²) in [7, 11) is -5.37. The van der Waals surface area contributed by atoms with Gasteiger partial charge in [0, 0.05) is 13.2 Å². The standard InChI is InChI=1S/C30H66O4Si3/c1-16-24-31-27(22-20-25-32-35(12,13)28(5,6)7)30(11,34-36(14,15)29(8,9)10)23-21-26-33-37(17-2,18-3)19-4/h16,27H,1,17-26H2,2-15H3/t27-,30+/m1/s1. The predicted molar refractivity (Wildman–Crippen MR) is 171 cm³/mol. The van der Waals surface area contributed by atoms with Crippen LogP contribution in [0, 0.1) is 0 Å². The fourth-order valence-electron chi connectivity index (χ4n) is 4.34. The molecule has 0 aromatic rings. The molecule has 0 bridgehead atoms. The Kier molecular flexibility index (Phi) is 15.4. The summed E-state index contributed by atoms with van der Waals surface area (Å²) in [5.41, 5.74) is -0.374. The molecule has 0 heterocycles. The monoisotopic (exact) mass is 574 g/mol. The van der Waals surface area contributed by atoms with Crippen molar-refractivity contribution in [3.8, 4) is 0 Å². The lowest BCUT2D eigenvalue weighted by Gasteiger charge is -2.47. The third-order valence-corrected chi connectivity index (χ3v) is 23.2. The van der Waals surface area contributed by atoms with Crippen molar-refractivity contribution in [2.24, 2.45) is 0 Å². The molecule has 0 saturated heterocycles. The average molecular weight is 575 g/mol. The molecule has 0 aromatic heterocycles. The molecule has 0 amide bonds. The van der Waals surface area contributed by atoms with Gasteiger partial charge in [0.1, 0.15) is 0 Å². The first kappa shape index (κ1) is 37.2. The van der Waals surface area contributed by atoms with Crippen LogP contribution in [0.1, 0.15) is 94.9 Å². The van der Waals surface area contributed by atoms with E-state index < -0.39 is 25.0 Å². The van der Waals surface area contributed by atoms with Crippen LogP contribution in [0.3, 0.4) is 0 Å². The van der Waals surface area contributed by atoms with E-state index in [0.29, 0.717) is 6.61 Å². The maximum atomic E-state index is 7.22. The second-order valence-electron chi connectivity index (χ2n) is 14.2. The van der Waals surface area contributed by atoms with Crippen LogP contribution in [-0.2, 0) is 18.0 Å². The van der Waals surface area contributed by atoms with E-state index in [1.807, 2.05) is 6.08 Å². The number of hydrogen-bond donors (Lipinski definition) is 0. The average Bonchev–Trinajstić information content (AvgIpc) is 2.77. The van der Waals surface area contributed by atoms with E-state index >= 15 is 0 Å². The van der Waals surface area contributed by atoms with Gasteiger partial charge >= 0.3 is 0 Å². The van der Waals surface area contributed by atoms with Crippen molar-refractivity contribution in [1.82, 2.24) is 0 Å². The van der Waals surface area contributed by atoms with Gasteiger partial charge in [0.2, 0.25) is 0 Å². The fraction of sp³-hybridized carbons (Fsp3) is 0.933. The van der Waals surface area contributed by atoms with Crippen LogP contribution in [0.2, 0.25) is 54.4 Å². The summed E-state index contributed by atoms with van der Waals surface area (Å²) in [4.78, 5) is 0. The molecular formula is C30H66O4Si3. The molecule has 0 aliphatic rings. The highest BCUT2D eigenvalue weighted by Gasteiger charge is 2.46. The SMILES string of the molecule is C=CCO[C@H](CCCO[Si](C)(C)C(C)(C)C)[C@](C)(CCCO[Si](CC)(CC)CC)O[Si](C)(C)C(C)(C)C. The smallest absolute Gasteiger partial charge is 0.192 e. The van der Waals surface area contributed by atoms with E-state index in [1.165, 1.54) is 18.1 Å². The van der Waals surface area contributed by atoms with Gasteiger partial charge in [0.05, 0.1) is 18.3 Å². The highest BCUT2D eigenvalue weighted by molar-refractivity contribution is 6.74. The van der Waals surface area contributed by atoms with Gasteiger partial charge in [-0.15, -0.1) is 6.58 Å². The third-order valence-electron chi connectivity index (χ3n) is 9.43. The number of hydrogen-bond acceptors (Lipinski definition) is 4. The van der Waals surface area contributed by atoms with E-state index in [-0.39, 0.29) is 21.8 Å². The van der Waals surface area contributed by atoms with Gasteiger partial charge < -0.3 is 18.0 Å². The van der Waals surface area contributed by atoms with E-state index in [0.717, 1.165) is 38.9 Å². The molecular weight excluding hydrogens is 509 g/mol. The third kappa shape index (κ3) is 11.7. The summed E-state index contributed by atoms with van der Waals surface area (Å²) in [6.45, 7) is 38.5.